The van der Waals surface area contributed by atoms with Crippen LogP contribution in [0.3, 0.4) is 0 Å². The summed E-state index contributed by atoms with van der Waals surface area (Å²) < 4.78 is 10.7. The lowest BCUT2D eigenvalue weighted by atomic mass is 10.0. The number of anilines is 2. The van der Waals surface area contributed by atoms with E-state index in [0.29, 0.717) is 55.8 Å². The van der Waals surface area contributed by atoms with E-state index in [1.165, 1.54) is 0 Å². The maximum Gasteiger partial charge on any atom is 0.259 e. The number of aryl methyl sites for hydroxylation is 2. The lowest BCUT2D eigenvalue weighted by molar-refractivity contribution is 0.0731. The first kappa shape index (κ1) is 18.4. The molecule has 1 N–H and O–H groups in total. The normalized spacial score (nSPS) is 19.2. The van der Waals surface area contributed by atoms with Gasteiger partial charge in [0, 0.05) is 37.7 Å². The van der Waals surface area contributed by atoms with Gasteiger partial charge in [-0.25, -0.2) is 4.98 Å². The van der Waals surface area contributed by atoms with Crippen LogP contribution in [-0.4, -0.2) is 64.8 Å². The molecule has 0 spiro atoms. The molecule has 1 amide bonds. The Labute approximate surface area is 169 Å². The number of ether oxygens (including phenoxy) is 1. The highest BCUT2D eigenvalue weighted by atomic mass is 16.5. The first-order valence-electron chi connectivity index (χ1n) is 10.3. The summed E-state index contributed by atoms with van der Waals surface area (Å²) in [5.74, 6) is 2.16. The summed E-state index contributed by atoms with van der Waals surface area (Å²) in [5.41, 5.74) is 3.26. The van der Waals surface area contributed by atoms with E-state index in [4.69, 9.17) is 19.2 Å². The Kier molecular flexibility index (Phi) is 4.61. The van der Waals surface area contributed by atoms with Gasteiger partial charge in [0.15, 0.2) is 0 Å². The molecule has 5 rings (SSSR count). The van der Waals surface area contributed by atoms with Crippen molar-refractivity contribution in [1.82, 2.24) is 20.0 Å². The number of hydrogen-bond donors (Lipinski definition) is 1. The van der Waals surface area contributed by atoms with Crippen LogP contribution in [0.5, 0.6) is 0 Å². The second-order valence-corrected chi connectivity index (χ2v) is 7.99. The average molecular weight is 398 g/mol. The molecule has 0 radical (unpaired) electrons. The van der Waals surface area contributed by atoms with E-state index in [1.807, 2.05) is 4.90 Å². The van der Waals surface area contributed by atoms with Gasteiger partial charge < -0.3 is 24.4 Å². The molecule has 0 aromatic carbocycles. The fourth-order valence-electron chi connectivity index (χ4n) is 3.97. The van der Waals surface area contributed by atoms with Gasteiger partial charge in [-0.3, -0.25) is 4.79 Å². The molecule has 1 aliphatic carbocycles. The van der Waals surface area contributed by atoms with Gasteiger partial charge in [0.25, 0.3) is 5.91 Å². The number of rotatable bonds is 4. The highest BCUT2D eigenvalue weighted by molar-refractivity contribution is 5.96. The quantitative estimate of drug-likeness (QED) is 0.831. The summed E-state index contributed by atoms with van der Waals surface area (Å²) in [4.78, 5) is 26.9. The summed E-state index contributed by atoms with van der Waals surface area (Å²) in [6.45, 7) is 7.71. The van der Waals surface area contributed by atoms with Crippen molar-refractivity contribution in [2.45, 2.75) is 45.7 Å². The molecule has 0 unspecified atom stereocenters. The zero-order valence-corrected chi connectivity index (χ0v) is 16.9. The fourth-order valence-corrected chi connectivity index (χ4v) is 3.97. The molecular formula is C20H26N6O3. The molecule has 4 heterocycles. The topological polar surface area (TPSA) is 96.6 Å². The van der Waals surface area contributed by atoms with Crippen molar-refractivity contribution in [3.05, 3.63) is 28.3 Å². The van der Waals surface area contributed by atoms with Crippen molar-refractivity contribution in [2.75, 3.05) is 43.1 Å². The highest BCUT2D eigenvalue weighted by Crippen LogP contribution is 2.32. The fraction of sp³-hybridized carbons (Fsp3) is 0.600. The van der Waals surface area contributed by atoms with E-state index >= 15 is 0 Å². The smallest absolute Gasteiger partial charge is 0.259 e. The maximum atomic E-state index is 13.1. The number of fused-ring (bicyclic) bond motifs is 1. The Morgan fingerprint density at radius 2 is 1.93 bits per heavy atom. The van der Waals surface area contributed by atoms with Gasteiger partial charge in [0.1, 0.15) is 17.1 Å². The summed E-state index contributed by atoms with van der Waals surface area (Å²) in [5, 5.41) is 7.49. The molecule has 1 saturated heterocycles. The lowest BCUT2D eigenvalue weighted by Crippen LogP contribution is -2.40. The largest absolute Gasteiger partial charge is 0.378 e. The van der Waals surface area contributed by atoms with Crippen LogP contribution in [0, 0.1) is 13.8 Å². The molecule has 9 nitrogen and oxygen atoms in total. The van der Waals surface area contributed by atoms with E-state index in [2.05, 4.69) is 15.4 Å². The van der Waals surface area contributed by atoms with Crippen LogP contribution in [0.1, 0.15) is 45.9 Å². The van der Waals surface area contributed by atoms with Gasteiger partial charge in [-0.05, 0) is 26.7 Å². The van der Waals surface area contributed by atoms with E-state index in [-0.39, 0.29) is 5.91 Å². The van der Waals surface area contributed by atoms with Gasteiger partial charge in [-0.2, -0.15) is 4.98 Å². The number of hydrogen-bond acceptors (Lipinski definition) is 8. The number of nitrogens with one attached hydrogen (secondary N) is 1. The Balaban J connectivity index is 1.45. The molecule has 154 valence electrons. The molecular weight excluding hydrogens is 372 g/mol. The predicted molar refractivity (Wildman–Crippen MR) is 106 cm³/mol. The van der Waals surface area contributed by atoms with E-state index in [0.717, 1.165) is 49.0 Å². The van der Waals surface area contributed by atoms with Crippen LogP contribution in [0.2, 0.25) is 0 Å². The molecule has 2 fully saturated rings. The van der Waals surface area contributed by atoms with Crippen LogP contribution < -0.4 is 10.2 Å². The maximum absolute atomic E-state index is 13.1. The minimum Gasteiger partial charge on any atom is -0.378 e. The molecule has 29 heavy (non-hydrogen) atoms. The molecule has 1 saturated carbocycles. The minimum absolute atomic E-state index is 0.0403. The third-order valence-electron chi connectivity index (χ3n) is 5.80. The summed E-state index contributed by atoms with van der Waals surface area (Å²) in [7, 11) is 0. The number of morpholine rings is 1. The first-order valence-corrected chi connectivity index (χ1v) is 10.3. The number of amides is 1. The van der Waals surface area contributed by atoms with E-state index in [9.17, 15) is 4.79 Å². The second-order valence-electron chi connectivity index (χ2n) is 7.99. The minimum atomic E-state index is -0.0403. The molecule has 0 atom stereocenters. The Morgan fingerprint density at radius 3 is 2.62 bits per heavy atom. The molecule has 2 aromatic rings. The highest BCUT2D eigenvalue weighted by Gasteiger charge is 2.32. The number of carbonyl (C=O) groups excluding carboxylic acids is 1. The van der Waals surface area contributed by atoms with Crippen LogP contribution in [0.25, 0.3) is 0 Å². The summed E-state index contributed by atoms with van der Waals surface area (Å²) in [6.07, 6.45) is 3.03. The van der Waals surface area contributed by atoms with E-state index in [1.54, 1.807) is 13.8 Å². The lowest BCUT2D eigenvalue weighted by Gasteiger charge is -2.32. The van der Waals surface area contributed by atoms with Crippen LogP contribution in [0.15, 0.2) is 4.52 Å². The van der Waals surface area contributed by atoms with Gasteiger partial charge in [-0.1, -0.05) is 5.16 Å². The predicted octanol–water partition coefficient (Wildman–Crippen LogP) is 1.69. The van der Waals surface area contributed by atoms with Gasteiger partial charge in [0.05, 0.1) is 31.1 Å². The Hall–Kier alpha value is -2.68. The van der Waals surface area contributed by atoms with Crippen LogP contribution in [0.4, 0.5) is 11.8 Å². The summed E-state index contributed by atoms with van der Waals surface area (Å²) >= 11 is 0. The standard InChI is InChI=1S/C20H26N6O3/c1-12-17(13(2)29-24-12)19(27)26-6-5-16-15(11-26)18(21-14-3-4-14)23-20(22-16)25-7-9-28-10-8-25/h14H,3-11H2,1-2H3,(H,21,22,23). The first-order chi connectivity index (χ1) is 14.1. The second kappa shape index (κ2) is 7.29. The average Bonchev–Trinajstić information content (AvgIpc) is 3.50. The number of carbonyl (C=O) groups is 1. The molecule has 0 bridgehead atoms. The van der Waals surface area contributed by atoms with Crippen molar-refractivity contribution >= 4 is 17.7 Å². The summed E-state index contributed by atoms with van der Waals surface area (Å²) in [6, 6.07) is 0.472. The van der Waals surface area contributed by atoms with Gasteiger partial charge in [-0.15, -0.1) is 0 Å². The van der Waals surface area contributed by atoms with E-state index < -0.39 is 0 Å². The van der Waals surface area contributed by atoms with Gasteiger partial charge in [0.2, 0.25) is 5.95 Å². The molecule has 3 aliphatic rings. The van der Waals surface area contributed by atoms with Crippen molar-refractivity contribution < 1.29 is 14.1 Å². The van der Waals surface area contributed by atoms with Crippen molar-refractivity contribution in [1.29, 1.82) is 0 Å². The Bertz CT molecular complexity index is 913. The molecule has 9 heteroatoms. The number of aromatic nitrogens is 3. The van der Waals surface area contributed by atoms with Crippen molar-refractivity contribution in [3.63, 3.8) is 0 Å². The monoisotopic (exact) mass is 398 g/mol. The van der Waals surface area contributed by atoms with Crippen LogP contribution in [-0.2, 0) is 17.7 Å². The number of nitrogens with zero attached hydrogens (tertiary/aromatic N) is 5. The van der Waals surface area contributed by atoms with Crippen molar-refractivity contribution in [2.24, 2.45) is 0 Å². The molecule has 2 aromatic heterocycles. The SMILES string of the molecule is Cc1noc(C)c1C(=O)N1CCc2nc(N3CCOCC3)nc(NC3CC3)c2C1. The third-order valence-corrected chi connectivity index (χ3v) is 5.80. The van der Waals surface area contributed by atoms with Gasteiger partial charge >= 0.3 is 0 Å². The molecule has 2 aliphatic heterocycles. The van der Waals surface area contributed by atoms with Crippen LogP contribution >= 0.6 is 0 Å². The zero-order valence-electron chi connectivity index (χ0n) is 16.9. The zero-order chi connectivity index (χ0) is 20.0. The van der Waals surface area contributed by atoms with Crippen molar-refractivity contribution in [3.8, 4) is 0 Å². The third kappa shape index (κ3) is 3.55. The Morgan fingerprint density at radius 1 is 1.14 bits per heavy atom.